The largest absolute Gasteiger partial charge is 0.480 e. The van der Waals surface area contributed by atoms with Crippen LogP contribution in [0.25, 0.3) is 0 Å². The minimum absolute atomic E-state index is 0.108. The topological polar surface area (TPSA) is 151 Å². The highest BCUT2D eigenvalue weighted by atomic mass is 32.1. The first-order valence-corrected chi connectivity index (χ1v) is 13.5. The van der Waals surface area contributed by atoms with Crippen molar-refractivity contribution in [2.45, 2.75) is 43.4 Å². The number of carboxylic acid groups (broad SMARTS) is 1. The monoisotopic (exact) mass is 562 g/mol. The molecular weight excluding hydrogens is 528 g/mol. The van der Waals surface area contributed by atoms with Crippen molar-refractivity contribution in [2.24, 2.45) is 5.73 Å². The average molecular weight is 563 g/mol. The lowest BCUT2D eigenvalue weighted by molar-refractivity contribution is -0.141. The average Bonchev–Trinajstić information content (AvgIpc) is 2.96. The maximum absolute atomic E-state index is 13.6. The number of hydrogen-bond donors (Lipinski definition) is 6. The Kier molecular flexibility index (Phi) is 11.7. The maximum Gasteiger partial charge on any atom is 0.327 e. The number of benzene rings is 3. The quantitative estimate of drug-likeness (QED) is 0.164. The molecule has 0 radical (unpaired) electrons. The highest BCUT2D eigenvalue weighted by Gasteiger charge is 2.30. The highest BCUT2D eigenvalue weighted by molar-refractivity contribution is 7.80. The van der Waals surface area contributed by atoms with Gasteiger partial charge in [-0.25, -0.2) is 4.79 Å². The van der Waals surface area contributed by atoms with Crippen molar-refractivity contribution in [1.29, 1.82) is 0 Å². The standard InChI is InChI=1S/C30H34N4O5S/c31-23(16-20-10-4-1-5-11-20)27(35)32-24(17-21-12-6-2-7-13-21)28(36)33-25(18-22-14-8-3-9-15-22)29(37)34-26(19-40)30(38)39/h1-15,23-26,40H,16-19,31H2,(H,32,35)(H,33,36)(H,34,37)(H,38,39). The van der Waals surface area contributed by atoms with Crippen LogP contribution in [-0.2, 0) is 38.4 Å². The van der Waals surface area contributed by atoms with Crippen molar-refractivity contribution in [3.8, 4) is 0 Å². The Bertz CT molecular complexity index is 1260. The van der Waals surface area contributed by atoms with Crippen molar-refractivity contribution in [2.75, 3.05) is 5.75 Å². The summed E-state index contributed by atoms with van der Waals surface area (Å²) < 4.78 is 0. The van der Waals surface area contributed by atoms with Crippen molar-refractivity contribution in [3.05, 3.63) is 108 Å². The third-order valence-corrected chi connectivity index (χ3v) is 6.63. The maximum atomic E-state index is 13.6. The molecule has 0 aliphatic rings. The number of nitrogens with two attached hydrogens (primary N) is 1. The van der Waals surface area contributed by atoms with Crippen LogP contribution >= 0.6 is 12.6 Å². The van der Waals surface area contributed by atoms with Crippen LogP contribution in [0.5, 0.6) is 0 Å². The molecule has 4 atom stereocenters. The molecule has 6 N–H and O–H groups in total. The van der Waals surface area contributed by atoms with E-state index in [-0.39, 0.29) is 25.0 Å². The zero-order valence-corrected chi connectivity index (χ0v) is 22.8. The smallest absolute Gasteiger partial charge is 0.327 e. The zero-order chi connectivity index (χ0) is 28.9. The van der Waals surface area contributed by atoms with E-state index in [9.17, 15) is 24.3 Å². The van der Waals surface area contributed by atoms with Gasteiger partial charge in [0.05, 0.1) is 6.04 Å². The van der Waals surface area contributed by atoms with E-state index in [1.165, 1.54) is 0 Å². The fourth-order valence-corrected chi connectivity index (χ4v) is 4.34. The summed E-state index contributed by atoms with van der Waals surface area (Å²) in [6.07, 6.45) is 0.549. The number of aliphatic carboxylic acids is 1. The second-order valence-electron chi connectivity index (χ2n) is 9.38. The molecule has 0 bridgehead atoms. The summed E-state index contributed by atoms with van der Waals surface area (Å²) in [5, 5.41) is 17.3. The van der Waals surface area contributed by atoms with E-state index in [1.54, 1.807) is 24.3 Å². The van der Waals surface area contributed by atoms with E-state index in [1.807, 2.05) is 66.7 Å². The van der Waals surface area contributed by atoms with Crippen LogP contribution in [0, 0.1) is 0 Å². The highest BCUT2D eigenvalue weighted by Crippen LogP contribution is 2.09. The number of amides is 3. The summed E-state index contributed by atoms with van der Waals surface area (Å²) in [5.74, 6) is -3.15. The molecule has 0 aliphatic carbocycles. The van der Waals surface area contributed by atoms with E-state index in [0.717, 1.165) is 16.7 Å². The number of nitrogens with one attached hydrogen (secondary N) is 3. The van der Waals surface area contributed by atoms with E-state index in [2.05, 4.69) is 28.6 Å². The van der Waals surface area contributed by atoms with E-state index in [0.29, 0.717) is 0 Å². The number of thiol groups is 1. The predicted octanol–water partition coefficient (Wildman–Crippen LogP) is 1.51. The van der Waals surface area contributed by atoms with Gasteiger partial charge in [-0.15, -0.1) is 0 Å². The molecule has 10 heteroatoms. The first-order chi connectivity index (χ1) is 19.3. The Labute approximate surface area is 239 Å². The van der Waals surface area contributed by atoms with Gasteiger partial charge in [0, 0.05) is 18.6 Å². The molecule has 4 unspecified atom stereocenters. The number of rotatable bonds is 14. The molecule has 0 aliphatic heterocycles. The van der Waals surface area contributed by atoms with Crippen molar-refractivity contribution >= 4 is 36.3 Å². The summed E-state index contributed by atoms with van der Waals surface area (Å²) >= 11 is 4.01. The minimum atomic E-state index is -1.24. The van der Waals surface area contributed by atoms with Gasteiger partial charge in [-0.3, -0.25) is 14.4 Å². The zero-order valence-electron chi connectivity index (χ0n) is 21.9. The number of carbonyl (C=O) groups excluding carboxylic acids is 3. The van der Waals surface area contributed by atoms with Crippen molar-refractivity contribution in [1.82, 2.24) is 16.0 Å². The summed E-state index contributed by atoms with van der Waals surface area (Å²) in [7, 11) is 0. The Morgan fingerprint density at radius 3 is 1.32 bits per heavy atom. The first-order valence-electron chi connectivity index (χ1n) is 12.9. The summed E-state index contributed by atoms with van der Waals surface area (Å²) in [4.78, 5) is 51.3. The molecule has 3 rings (SSSR count). The van der Waals surface area contributed by atoms with Gasteiger partial charge in [0.1, 0.15) is 18.1 Å². The molecule has 3 amide bonds. The Morgan fingerprint density at radius 1 is 0.600 bits per heavy atom. The van der Waals surface area contributed by atoms with Gasteiger partial charge in [0.15, 0.2) is 0 Å². The molecule has 0 fully saturated rings. The third-order valence-electron chi connectivity index (χ3n) is 6.26. The molecule has 40 heavy (non-hydrogen) atoms. The van der Waals surface area contributed by atoms with Crippen LogP contribution < -0.4 is 21.7 Å². The second kappa shape index (κ2) is 15.4. The Balaban J connectivity index is 1.80. The van der Waals surface area contributed by atoms with E-state index in [4.69, 9.17) is 5.73 Å². The number of carboxylic acids is 1. The molecule has 0 saturated heterocycles. The molecule has 0 saturated carbocycles. The van der Waals surface area contributed by atoms with Crippen LogP contribution in [0.1, 0.15) is 16.7 Å². The molecule has 3 aromatic carbocycles. The fraction of sp³-hybridized carbons (Fsp3) is 0.267. The predicted molar refractivity (Wildman–Crippen MR) is 156 cm³/mol. The molecule has 3 aromatic rings. The van der Waals surface area contributed by atoms with Gasteiger partial charge in [-0.1, -0.05) is 91.0 Å². The van der Waals surface area contributed by atoms with Gasteiger partial charge in [-0.2, -0.15) is 12.6 Å². The first kappa shape index (κ1) is 30.4. The lowest BCUT2D eigenvalue weighted by Gasteiger charge is -2.25. The molecule has 0 heterocycles. The summed E-state index contributed by atoms with van der Waals surface area (Å²) in [6.45, 7) is 0. The van der Waals surface area contributed by atoms with E-state index < -0.39 is 47.9 Å². The van der Waals surface area contributed by atoms with Crippen LogP contribution in [-0.4, -0.2) is 58.7 Å². The lowest BCUT2D eigenvalue weighted by atomic mass is 10.0. The lowest BCUT2D eigenvalue weighted by Crippen LogP contribution is -2.58. The van der Waals surface area contributed by atoms with Crippen LogP contribution in [0.15, 0.2) is 91.0 Å². The van der Waals surface area contributed by atoms with Crippen LogP contribution in [0.4, 0.5) is 0 Å². The van der Waals surface area contributed by atoms with Gasteiger partial charge in [-0.05, 0) is 23.1 Å². The molecule has 0 aromatic heterocycles. The molecule has 0 spiro atoms. The Morgan fingerprint density at radius 2 is 0.950 bits per heavy atom. The second-order valence-corrected chi connectivity index (χ2v) is 9.75. The van der Waals surface area contributed by atoms with Crippen LogP contribution in [0.2, 0.25) is 0 Å². The van der Waals surface area contributed by atoms with Crippen molar-refractivity contribution in [3.63, 3.8) is 0 Å². The van der Waals surface area contributed by atoms with Crippen molar-refractivity contribution < 1.29 is 24.3 Å². The van der Waals surface area contributed by atoms with Gasteiger partial charge in [0.25, 0.3) is 0 Å². The number of carbonyl (C=O) groups is 4. The molecule has 9 nitrogen and oxygen atoms in total. The van der Waals surface area contributed by atoms with E-state index >= 15 is 0 Å². The molecular formula is C30H34N4O5S. The summed E-state index contributed by atoms with van der Waals surface area (Å²) in [5.41, 5.74) is 8.61. The van der Waals surface area contributed by atoms with Gasteiger partial charge < -0.3 is 26.8 Å². The Hall–Kier alpha value is -4.15. The van der Waals surface area contributed by atoms with Gasteiger partial charge >= 0.3 is 5.97 Å². The number of hydrogen-bond acceptors (Lipinski definition) is 6. The van der Waals surface area contributed by atoms with Gasteiger partial charge in [0.2, 0.25) is 17.7 Å². The van der Waals surface area contributed by atoms with Crippen LogP contribution in [0.3, 0.4) is 0 Å². The molecule has 210 valence electrons. The fourth-order valence-electron chi connectivity index (χ4n) is 4.09. The normalized spacial score (nSPS) is 13.8. The summed E-state index contributed by atoms with van der Waals surface area (Å²) in [6, 6.07) is 23.2. The SMILES string of the molecule is NC(Cc1ccccc1)C(=O)NC(Cc1ccccc1)C(=O)NC(Cc1ccccc1)C(=O)NC(CS)C(=O)O. The minimum Gasteiger partial charge on any atom is -0.480 e. The third kappa shape index (κ3) is 9.55.